The Bertz CT molecular complexity index is 101. The van der Waals surface area contributed by atoms with E-state index in [-0.39, 0.29) is 0 Å². The van der Waals surface area contributed by atoms with Crippen LogP contribution < -0.4 is 0 Å². The largest absolute Gasteiger partial charge is 0.168 e. The summed E-state index contributed by atoms with van der Waals surface area (Å²) >= 11 is 9.64. The van der Waals surface area contributed by atoms with Crippen molar-refractivity contribution >= 4 is 34.4 Å². The third-order valence-corrected chi connectivity index (χ3v) is 4.58. The lowest BCUT2D eigenvalue weighted by molar-refractivity contribution is 0.658. The minimum Gasteiger partial charge on any atom is -0.168 e. The number of rotatable bonds is 7. The maximum atomic E-state index is 6.20. The SMILES string of the molecule is C[Si](C)(Cl)CCCCCCCBr. The van der Waals surface area contributed by atoms with Crippen LogP contribution in [-0.4, -0.2) is 12.7 Å². The van der Waals surface area contributed by atoms with Crippen molar-refractivity contribution in [3.05, 3.63) is 0 Å². The van der Waals surface area contributed by atoms with Crippen LogP contribution in [0.2, 0.25) is 19.1 Å². The molecule has 0 saturated heterocycles. The highest BCUT2D eigenvalue weighted by Crippen LogP contribution is 2.18. The van der Waals surface area contributed by atoms with Gasteiger partial charge in [-0.05, 0) is 12.5 Å². The molecule has 0 spiro atoms. The van der Waals surface area contributed by atoms with Crippen LogP contribution >= 0.6 is 27.0 Å². The van der Waals surface area contributed by atoms with Gasteiger partial charge in [-0.1, -0.05) is 54.7 Å². The van der Waals surface area contributed by atoms with Gasteiger partial charge < -0.3 is 0 Å². The average Bonchev–Trinajstić information content (AvgIpc) is 1.94. The molecule has 0 rings (SSSR count). The van der Waals surface area contributed by atoms with Crippen molar-refractivity contribution in [1.29, 1.82) is 0 Å². The summed E-state index contributed by atoms with van der Waals surface area (Å²) in [5.74, 6) is 0. The van der Waals surface area contributed by atoms with E-state index in [0.29, 0.717) is 0 Å². The average molecular weight is 272 g/mol. The molecule has 0 aromatic heterocycles. The van der Waals surface area contributed by atoms with E-state index in [0.717, 1.165) is 5.33 Å². The predicted octanol–water partition coefficient (Wildman–Crippen LogP) is 4.78. The van der Waals surface area contributed by atoms with Crippen LogP contribution in [0.1, 0.15) is 32.1 Å². The van der Waals surface area contributed by atoms with Gasteiger partial charge in [-0.15, -0.1) is 0 Å². The summed E-state index contributed by atoms with van der Waals surface area (Å²) in [6.45, 7) is 4.46. The molecule has 0 heterocycles. The van der Waals surface area contributed by atoms with Gasteiger partial charge in [0.2, 0.25) is 0 Å². The van der Waals surface area contributed by atoms with Gasteiger partial charge >= 0.3 is 0 Å². The molecule has 0 aliphatic carbocycles. The van der Waals surface area contributed by atoms with E-state index in [2.05, 4.69) is 29.0 Å². The highest BCUT2D eigenvalue weighted by Gasteiger charge is 2.15. The first-order chi connectivity index (χ1) is 5.56. The topological polar surface area (TPSA) is 0 Å². The summed E-state index contributed by atoms with van der Waals surface area (Å²) in [6.07, 6.45) is 6.78. The van der Waals surface area contributed by atoms with Gasteiger partial charge in [0.1, 0.15) is 7.38 Å². The van der Waals surface area contributed by atoms with Crippen molar-refractivity contribution in [2.45, 2.75) is 51.2 Å². The normalized spacial score (nSPS) is 12.0. The molecule has 0 aliphatic heterocycles. The molecule has 12 heavy (non-hydrogen) atoms. The Hall–Kier alpha value is 0.987. The Kier molecular flexibility index (Phi) is 8.00. The summed E-state index contributed by atoms with van der Waals surface area (Å²) < 4.78 is 0. The zero-order chi connectivity index (χ0) is 9.45. The molecule has 3 heteroatoms. The quantitative estimate of drug-likeness (QED) is 0.271. The van der Waals surface area contributed by atoms with Crippen LogP contribution in [0, 0.1) is 0 Å². The molecular weight excluding hydrogens is 252 g/mol. The monoisotopic (exact) mass is 270 g/mol. The van der Waals surface area contributed by atoms with Gasteiger partial charge in [-0.25, -0.2) is 0 Å². The van der Waals surface area contributed by atoms with Crippen molar-refractivity contribution in [3.63, 3.8) is 0 Å². The second kappa shape index (κ2) is 7.40. The van der Waals surface area contributed by atoms with Crippen LogP contribution in [0.5, 0.6) is 0 Å². The number of alkyl halides is 1. The second-order valence-electron chi connectivity index (χ2n) is 3.93. The molecule has 0 radical (unpaired) electrons. The molecule has 0 aliphatic rings. The van der Waals surface area contributed by atoms with E-state index >= 15 is 0 Å². The molecule has 0 aromatic carbocycles. The van der Waals surface area contributed by atoms with E-state index in [4.69, 9.17) is 11.1 Å². The van der Waals surface area contributed by atoms with Gasteiger partial charge in [0.05, 0.1) is 0 Å². The van der Waals surface area contributed by atoms with Crippen molar-refractivity contribution in [1.82, 2.24) is 0 Å². The lowest BCUT2D eigenvalue weighted by atomic mass is 10.2. The number of hydrogen-bond acceptors (Lipinski definition) is 0. The number of unbranched alkanes of at least 4 members (excludes halogenated alkanes) is 4. The fourth-order valence-corrected chi connectivity index (χ4v) is 3.06. The van der Waals surface area contributed by atoms with Crippen LogP contribution in [0.25, 0.3) is 0 Å². The van der Waals surface area contributed by atoms with E-state index in [1.807, 2.05) is 0 Å². The van der Waals surface area contributed by atoms with Crippen molar-refractivity contribution in [3.8, 4) is 0 Å². The first kappa shape index (κ1) is 13.0. The zero-order valence-corrected chi connectivity index (χ0v) is 11.5. The van der Waals surface area contributed by atoms with Gasteiger partial charge in [0.25, 0.3) is 0 Å². The number of halogens is 2. The smallest absolute Gasteiger partial charge is 0.150 e. The summed E-state index contributed by atoms with van der Waals surface area (Å²) in [5, 5.41) is 1.16. The molecule has 0 fully saturated rings. The Morgan fingerprint density at radius 3 is 2.00 bits per heavy atom. The Morgan fingerprint density at radius 1 is 1.00 bits per heavy atom. The molecule has 0 bridgehead atoms. The highest BCUT2D eigenvalue weighted by molar-refractivity contribution is 9.09. The molecule has 0 unspecified atom stereocenters. The Balaban J connectivity index is 3.01. The van der Waals surface area contributed by atoms with Gasteiger partial charge in [0, 0.05) is 5.33 Å². The summed E-state index contributed by atoms with van der Waals surface area (Å²) in [7, 11) is -1.26. The minimum atomic E-state index is -1.26. The predicted molar refractivity (Wildman–Crippen MR) is 65.0 cm³/mol. The van der Waals surface area contributed by atoms with Gasteiger partial charge in [-0.2, -0.15) is 11.1 Å². The van der Waals surface area contributed by atoms with E-state index in [1.165, 1.54) is 38.1 Å². The van der Waals surface area contributed by atoms with E-state index in [1.54, 1.807) is 0 Å². The van der Waals surface area contributed by atoms with E-state index < -0.39 is 7.38 Å². The van der Waals surface area contributed by atoms with Crippen molar-refractivity contribution in [2.24, 2.45) is 0 Å². The van der Waals surface area contributed by atoms with Gasteiger partial charge in [0.15, 0.2) is 0 Å². The molecule has 0 aromatic rings. The summed E-state index contributed by atoms with van der Waals surface area (Å²) in [4.78, 5) is 0. The fourth-order valence-electron chi connectivity index (χ4n) is 1.17. The molecule has 0 saturated carbocycles. The maximum absolute atomic E-state index is 6.20. The molecule has 0 nitrogen and oxygen atoms in total. The molecule has 0 amide bonds. The molecular formula is C9H20BrClSi. The summed E-state index contributed by atoms with van der Waals surface area (Å²) in [6, 6.07) is 1.28. The highest BCUT2D eigenvalue weighted by atomic mass is 79.9. The standard InChI is InChI=1S/C9H20BrClSi/c1-12(2,11)9-7-5-3-4-6-8-10/h3-9H2,1-2H3. The van der Waals surface area contributed by atoms with Crippen molar-refractivity contribution < 1.29 is 0 Å². The maximum Gasteiger partial charge on any atom is 0.150 e. The lowest BCUT2D eigenvalue weighted by Crippen LogP contribution is -2.14. The third-order valence-electron chi connectivity index (χ3n) is 1.90. The van der Waals surface area contributed by atoms with Crippen LogP contribution in [0.15, 0.2) is 0 Å². The van der Waals surface area contributed by atoms with Crippen LogP contribution in [0.4, 0.5) is 0 Å². The first-order valence-corrected chi connectivity index (χ1v) is 10.2. The van der Waals surface area contributed by atoms with Crippen LogP contribution in [0.3, 0.4) is 0 Å². The molecule has 0 atom stereocenters. The molecule has 0 N–H and O–H groups in total. The minimum absolute atomic E-state index is 1.16. The first-order valence-electron chi connectivity index (χ1n) is 4.81. The molecule has 74 valence electrons. The number of hydrogen-bond donors (Lipinski definition) is 0. The Labute approximate surface area is 90.9 Å². The second-order valence-corrected chi connectivity index (χ2v) is 11.7. The van der Waals surface area contributed by atoms with E-state index in [9.17, 15) is 0 Å². The fraction of sp³-hybridized carbons (Fsp3) is 1.00. The van der Waals surface area contributed by atoms with Crippen LogP contribution in [-0.2, 0) is 0 Å². The summed E-state index contributed by atoms with van der Waals surface area (Å²) in [5.41, 5.74) is 0. The Morgan fingerprint density at radius 2 is 1.50 bits per heavy atom. The zero-order valence-electron chi connectivity index (χ0n) is 8.21. The van der Waals surface area contributed by atoms with Crippen molar-refractivity contribution in [2.75, 3.05) is 5.33 Å². The third kappa shape index (κ3) is 11.0. The van der Waals surface area contributed by atoms with Gasteiger partial charge in [-0.3, -0.25) is 0 Å². The lowest BCUT2D eigenvalue weighted by Gasteiger charge is -2.11.